The molecule has 8 nitrogen and oxygen atoms in total. The van der Waals surface area contributed by atoms with Crippen LogP contribution in [-0.4, -0.2) is 54.9 Å². The van der Waals surface area contributed by atoms with Gasteiger partial charge in [-0.3, -0.25) is 4.79 Å². The van der Waals surface area contributed by atoms with Crippen LogP contribution in [0.4, 0.5) is 0 Å². The molecule has 1 aliphatic heterocycles. The standard InChI is InChI=1S/C17H18N4O4S/c18-17(22)15-16(26(23,24)21-6-8-25-9-7-21)12-10-11(3-4-14(12)20-15)13-2-1-5-19-13/h1-5,10,19-20H,6-9H2,(H2,18,22). The van der Waals surface area contributed by atoms with Gasteiger partial charge in [0.1, 0.15) is 10.6 Å². The lowest BCUT2D eigenvalue weighted by Crippen LogP contribution is -2.41. The van der Waals surface area contributed by atoms with Crippen LogP contribution in [0.2, 0.25) is 0 Å². The summed E-state index contributed by atoms with van der Waals surface area (Å²) in [5, 5.41) is 0.442. The van der Waals surface area contributed by atoms with E-state index in [0.29, 0.717) is 24.1 Å². The molecule has 0 spiro atoms. The molecule has 136 valence electrons. The second-order valence-corrected chi connectivity index (χ2v) is 7.93. The van der Waals surface area contributed by atoms with Gasteiger partial charge in [-0.05, 0) is 29.8 Å². The quantitative estimate of drug-likeness (QED) is 0.637. The predicted octanol–water partition coefficient (Wildman–Crippen LogP) is 1.28. The van der Waals surface area contributed by atoms with Crippen molar-refractivity contribution in [1.29, 1.82) is 0 Å². The Bertz CT molecular complexity index is 1060. The molecule has 0 radical (unpaired) electrons. The van der Waals surface area contributed by atoms with Gasteiger partial charge in [0.25, 0.3) is 5.91 Å². The van der Waals surface area contributed by atoms with Crippen molar-refractivity contribution in [2.45, 2.75) is 4.90 Å². The number of hydrogen-bond donors (Lipinski definition) is 3. The van der Waals surface area contributed by atoms with E-state index in [1.807, 2.05) is 18.2 Å². The fraction of sp³-hybridized carbons (Fsp3) is 0.235. The minimum Gasteiger partial charge on any atom is -0.379 e. The third-order valence-electron chi connectivity index (χ3n) is 4.47. The number of amides is 1. The molecule has 0 aliphatic carbocycles. The van der Waals surface area contributed by atoms with Gasteiger partial charge in [0.2, 0.25) is 10.0 Å². The van der Waals surface area contributed by atoms with Gasteiger partial charge in [-0.2, -0.15) is 4.31 Å². The van der Waals surface area contributed by atoms with Gasteiger partial charge in [-0.25, -0.2) is 8.42 Å². The molecule has 1 fully saturated rings. The number of H-pyrrole nitrogens is 2. The van der Waals surface area contributed by atoms with Crippen molar-refractivity contribution in [3.63, 3.8) is 0 Å². The molecule has 0 bridgehead atoms. The SMILES string of the molecule is NC(=O)c1[nH]c2ccc(-c3ccc[nH]3)cc2c1S(=O)(=O)N1CCOCC1. The summed E-state index contributed by atoms with van der Waals surface area (Å²) >= 11 is 0. The van der Waals surface area contributed by atoms with Crippen molar-refractivity contribution in [3.05, 3.63) is 42.2 Å². The number of carbonyl (C=O) groups excluding carboxylic acids is 1. The van der Waals surface area contributed by atoms with E-state index in [9.17, 15) is 13.2 Å². The Morgan fingerprint density at radius 2 is 1.96 bits per heavy atom. The smallest absolute Gasteiger partial charge is 0.266 e. The number of aromatic amines is 2. The molecule has 0 saturated carbocycles. The highest BCUT2D eigenvalue weighted by Gasteiger charge is 2.33. The third kappa shape index (κ3) is 2.70. The highest BCUT2D eigenvalue weighted by atomic mass is 32.2. The summed E-state index contributed by atoms with van der Waals surface area (Å²) in [5.41, 5.74) is 7.56. The molecule has 26 heavy (non-hydrogen) atoms. The van der Waals surface area contributed by atoms with Crippen LogP contribution in [0.25, 0.3) is 22.2 Å². The zero-order valence-electron chi connectivity index (χ0n) is 13.9. The number of fused-ring (bicyclic) bond motifs is 1. The Hall–Kier alpha value is -2.62. The average Bonchev–Trinajstić information content (AvgIpc) is 3.29. The number of primary amides is 1. The molecule has 2 aromatic heterocycles. The van der Waals surface area contributed by atoms with Crippen molar-refractivity contribution in [2.24, 2.45) is 5.73 Å². The van der Waals surface area contributed by atoms with E-state index in [0.717, 1.165) is 11.3 Å². The van der Waals surface area contributed by atoms with Gasteiger partial charge in [0.15, 0.2) is 0 Å². The second-order valence-electron chi connectivity index (χ2n) is 6.05. The Morgan fingerprint density at radius 1 is 1.19 bits per heavy atom. The number of aromatic nitrogens is 2. The number of nitrogens with two attached hydrogens (primary N) is 1. The number of benzene rings is 1. The van der Waals surface area contributed by atoms with E-state index < -0.39 is 15.9 Å². The molecule has 1 amide bonds. The van der Waals surface area contributed by atoms with Crippen LogP contribution in [0.15, 0.2) is 41.4 Å². The second kappa shape index (κ2) is 6.27. The highest BCUT2D eigenvalue weighted by Crippen LogP contribution is 2.32. The molecule has 0 unspecified atom stereocenters. The van der Waals surface area contributed by atoms with Gasteiger partial charge in [-0.1, -0.05) is 6.07 Å². The maximum absolute atomic E-state index is 13.2. The average molecular weight is 374 g/mol. The van der Waals surface area contributed by atoms with Crippen LogP contribution in [0, 0.1) is 0 Å². The summed E-state index contributed by atoms with van der Waals surface area (Å²) in [6.45, 7) is 1.12. The normalized spacial score (nSPS) is 16.2. The van der Waals surface area contributed by atoms with Crippen LogP contribution < -0.4 is 5.73 Å². The number of nitrogens with zero attached hydrogens (tertiary/aromatic N) is 1. The molecule has 4 rings (SSSR count). The van der Waals surface area contributed by atoms with E-state index in [-0.39, 0.29) is 23.7 Å². The lowest BCUT2D eigenvalue weighted by molar-refractivity contribution is 0.0730. The first-order chi connectivity index (χ1) is 12.5. The summed E-state index contributed by atoms with van der Waals surface area (Å²) in [6.07, 6.45) is 1.79. The summed E-state index contributed by atoms with van der Waals surface area (Å²) in [5.74, 6) is -0.811. The minimum absolute atomic E-state index is 0.0738. The monoisotopic (exact) mass is 374 g/mol. The topological polar surface area (TPSA) is 121 Å². The van der Waals surface area contributed by atoms with Crippen molar-refractivity contribution >= 4 is 26.8 Å². The van der Waals surface area contributed by atoms with E-state index in [1.165, 1.54) is 4.31 Å². The number of nitrogens with one attached hydrogen (secondary N) is 2. The van der Waals surface area contributed by atoms with Crippen LogP contribution >= 0.6 is 0 Å². The summed E-state index contributed by atoms with van der Waals surface area (Å²) in [6, 6.07) is 9.09. The van der Waals surface area contributed by atoms with Crippen LogP contribution in [-0.2, 0) is 14.8 Å². The first-order valence-electron chi connectivity index (χ1n) is 8.15. The Labute approximate surface area is 150 Å². The number of hydrogen-bond acceptors (Lipinski definition) is 4. The predicted molar refractivity (Wildman–Crippen MR) is 96.2 cm³/mol. The first-order valence-corrected chi connectivity index (χ1v) is 9.59. The zero-order valence-corrected chi connectivity index (χ0v) is 14.7. The fourth-order valence-corrected chi connectivity index (χ4v) is 4.95. The number of sulfonamides is 1. The van der Waals surface area contributed by atoms with Gasteiger partial charge in [0.05, 0.1) is 13.2 Å². The lowest BCUT2D eigenvalue weighted by atomic mass is 10.1. The van der Waals surface area contributed by atoms with Crippen LogP contribution in [0.1, 0.15) is 10.5 Å². The maximum Gasteiger partial charge on any atom is 0.266 e. The Kier molecular flexibility index (Phi) is 4.06. The molecular weight excluding hydrogens is 356 g/mol. The fourth-order valence-electron chi connectivity index (χ4n) is 3.20. The molecule has 1 saturated heterocycles. The molecule has 4 N–H and O–H groups in total. The molecule has 1 aromatic carbocycles. The van der Waals surface area contributed by atoms with Crippen LogP contribution in [0.5, 0.6) is 0 Å². The van der Waals surface area contributed by atoms with E-state index >= 15 is 0 Å². The molecule has 1 aliphatic rings. The molecule has 0 atom stereocenters. The van der Waals surface area contributed by atoms with Gasteiger partial charge < -0.3 is 20.4 Å². The molecule has 3 aromatic rings. The number of ether oxygens (including phenoxy) is 1. The molecule has 3 heterocycles. The minimum atomic E-state index is -3.90. The third-order valence-corrected chi connectivity index (χ3v) is 6.46. The Balaban J connectivity index is 1.94. The van der Waals surface area contributed by atoms with Gasteiger partial charge >= 0.3 is 0 Å². The first kappa shape index (κ1) is 16.8. The van der Waals surface area contributed by atoms with Gasteiger partial charge in [0, 0.05) is 35.9 Å². The summed E-state index contributed by atoms with van der Waals surface area (Å²) in [4.78, 5) is 17.8. The highest BCUT2D eigenvalue weighted by molar-refractivity contribution is 7.89. The van der Waals surface area contributed by atoms with E-state index in [2.05, 4.69) is 9.97 Å². The van der Waals surface area contributed by atoms with Gasteiger partial charge in [-0.15, -0.1) is 0 Å². The van der Waals surface area contributed by atoms with Crippen molar-refractivity contribution in [3.8, 4) is 11.3 Å². The number of rotatable bonds is 4. The lowest BCUT2D eigenvalue weighted by Gasteiger charge is -2.26. The van der Waals surface area contributed by atoms with Crippen molar-refractivity contribution in [2.75, 3.05) is 26.3 Å². The number of morpholine rings is 1. The van der Waals surface area contributed by atoms with E-state index in [1.54, 1.807) is 18.3 Å². The van der Waals surface area contributed by atoms with Crippen molar-refractivity contribution < 1.29 is 17.9 Å². The summed E-state index contributed by atoms with van der Waals surface area (Å²) in [7, 11) is -3.90. The number of carbonyl (C=O) groups is 1. The van der Waals surface area contributed by atoms with Crippen molar-refractivity contribution in [1.82, 2.24) is 14.3 Å². The molecule has 9 heteroatoms. The summed E-state index contributed by atoms with van der Waals surface area (Å²) < 4.78 is 33.0. The van der Waals surface area contributed by atoms with E-state index in [4.69, 9.17) is 10.5 Å². The molecular formula is C17H18N4O4S. The maximum atomic E-state index is 13.2. The largest absolute Gasteiger partial charge is 0.379 e. The zero-order chi connectivity index (χ0) is 18.3. The van der Waals surface area contributed by atoms with Crippen LogP contribution in [0.3, 0.4) is 0 Å². The Morgan fingerprint density at radius 3 is 2.62 bits per heavy atom.